The summed E-state index contributed by atoms with van der Waals surface area (Å²) < 4.78 is 5.53. The second-order valence-electron chi connectivity index (χ2n) is 8.59. The number of carbonyl (C=O) groups excluding carboxylic acids is 2. The van der Waals surface area contributed by atoms with E-state index in [1.807, 2.05) is 24.3 Å². The molecule has 0 saturated carbocycles. The predicted octanol–water partition coefficient (Wildman–Crippen LogP) is 3.63. The van der Waals surface area contributed by atoms with Crippen LogP contribution in [0.2, 0.25) is 0 Å². The van der Waals surface area contributed by atoms with Crippen molar-refractivity contribution in [1.82, 2.24) is 10.2 Å². The van der Waals surface area contributed by atoms with Crippen molar-refractivity contribution in [1.29, 1.82) is 0 Å². The Morgan fingerprint density at radius 3 is 2.34 bits per heavy atom. The quantitative estimate of drug-likeness (QED) is 0.721. The van der Waals surface area contributed by atoms with E-state index in [4.69, 9.17) is 4.74 Å². The Kier molecular flexibility index (Phi) is 6.44. The van der Waals surface area contributed by atoms with Crippen LogP contribution in [0.4, 0.5) is 4.79 Å². The van der Waals surface area contributed by atoms with Crippen LogP contribution in [-0.2, 0) is 14.3 Å². The molecule has 7 nitrogen and oxygen atoms in total. The molecule has 0 radical (unpaired) electrons. The summed E-state index contributed by atoms with van der Waals surface area (Å²) >= 11 is 0. The highest BCUT2D eigenvalue weighted by atomic mass is 16.5. The highest BCUT2D eigenvalue weighted by Gasteiger charge is 2.30. The van der Waals surface area contributed by atoms with E-state index < -0.39 is 24.0 Å². The van der Waals surface area contributed by atoms with Gasteiger partial charge in [-0.05, 0) is 42.0 Å². The van der Waals surface area contributed by atoms with Gasteiger partial charge >= 0.3 is 12.1 Å². The third-order valence-corrected chi connectivity index (χ3v) is 6.31. The lowest BCUT2D eigenvalue weighted by molar-refractivity contribution is -0.145. The number of carbonyl (C=O) groups is 3. The molecule has 0 bridgehead atoms. The Hall–Kier alpha value is -3.35. The molecular weight excluding hydrogens is 408 g/mol. The Balaban J connectivity index is 1.30. The van der Waals surface area contributed by atoms with Crippen LogP contribution in [0.5, 0.6) is 0 Å². The Morgan fingerprint density at radius 1 is 1.09 bits per heavy atom. The van der Waals surface area contributed by atoms with Crippen LogP contribution in [0.1, 0.15) is 43.2 Å². The van der Waals surface area contributed by atoms with Crippen LogP contribution >= 0.6 is 0 Å². The normalized spacial score (nSPS) is 18.4. The standard InChI is InChI=1S/C25H28N2O5/c1-16(13-23(28)27-12-6-7-17(14-27)24(29)30)26-25(31)32-15-22-20-10-4-2-8-18(20)19-9-3-5-11-21(19)22/h2-5,8-11,16-17,22H,6-7,12-15H2,1H3,(H,26,31)(H,29,30). The van der Waals surface area contributed by atoms with Gasteiger partial charge in [-0.3, -0.25) is 9.59 Å². The average molecular weight is 437 g/mol. The number of likely N-dealkylation sites (tertiary alicyclic amines) is 1. The molecule has 1 fully saturated rings. The first-order valence-corrected chi connectivity index (χ1v) is 11.1. The molecule has 1 aliphatic heterocycles. The summed E-state index contributed by atoms with van der Waals surface area (Å²) in [5.74, 6) is -1.56. The van der Waals surface area contributed by atoms with Crippen LogP contribution < -0.4 is 5.32 Å². The molecule has 0 spiro atoms. The molecule has 1 heterocycles. The van der Waals surface area contributed by atoms with Gasteiger partial charge in [0, 0.05) is 31.5 Å². The van der Waals surface area contributed by atoms with Gasteiger partial charge < -0.3 is 20.1 Å². The third kappa shape index (κ3) is 4.61. The fourth-order valence-corrected chi connectivity index (χ4v) is 4.69. The van der Waals surface area contributed by atoms with Crippen molar-refractivity contribution in [2.24, 2.45) is 5.92 Å². The molecule has 32 heavy (non-hydrogen) atoms. The fourth-order valence-electron chi connectivity index (χ4n) is 4.69. The number of carboxylic acids is 1. The van der Waals surface area contributed by atoms with Crippen LogP contribution in [0.25, 0.3) is 11.1 Å². The highest BCUT2D eigenvalue weighted by molar-refractivity contribution is 5.80. The number of aliphatic carboxylic acids is 1. The lowest BCUT2D eigenvalue weighted by Gasteiger charge is -2.31. The Labute approximate surface area is 187 Å². The van der Waals surface area contributed by atoms with Gasteiger partial charge in [0.2, 0.25) is 5.91 Å². The molecular formula is C25H28N2O5. The molecule has 2 atom stereocenters. The van der Waals surface area contributed by atoms with Crippen molar-refractivity contribution < 1.29 is 24.2 Å². The lowest BCUT2D eigenvalue weighted by Crippen LogP contribution is -2.45. The largest absolute Gasteiger partial charge is 0.481 e. The van der Waals surface area contributed by atoms with Crippen molar-refractivity contribution in [3.8, 4) is 11.1 Å². The summed E-state index contributed by atoms with van der Waals surface area (Å²) in [5, 5.41) is 11.9. The number of alkyl carbamates (subject to hydrolysis) is 1. The molecule has 1 saturated heterocycles. The summed E-state index contributed by atoms with van der Waals surface area (Å²) in [4.78, 5) is 37.7. The van der Waals surface area contributed by atoms with E-state index in [9.17, 15) is 19.5 Å². The zero-order chi connectivity index (χ0) is 22.7. The second kappa shape index (κ2) is 9.42. The highest BCUT2D eigenvalue weighted by Crippen LogP contribution is 2.44. The van der Waals surface area contributed by atoms with Crippen LogP contribution in [-0.4, -0.2) is 53.7 Å². The van der Waals surface area contributed by atoms with Gasteiger partial charge in [-0.1, -0.05) is 48.5 Å². The summed E-state index contributed by atoms with van der Waals surface area (Å²) in [6, 6.07) is 15.9. The van der Waals surface area contributed by atoms with Gasteiger partial charge in [-0.25, -0.2) is 4.79 Å². The summed E-state index contributed by atoms with van der Waals surface area (Å²) in [5.41, 5.74) is 4.61. The number of fused-ring (bicyclic) bond motifs is 3. The minimum atomic E-state index is -0.868. The van der Waals surface area contributed by atoms with Crippen molar-refractivity contribution in [2.75, 3.05) is 19.7 Å². The van der Waals surface area contributed by atoms with Gasteiger partial charge in [0.25, 0.3) is 0 Å². The molecule has 2 aromatic carbocycles. The first-order valence-electron chi connectivity index (χ1n) is 11.1. The Bertz CT molecular complexity index is 975. The number of benzene rings is 2. The maximum Gasteiger partial charge on any atom is 0.407 e. The number of amides is 2. The first-order chi connectivity index (χ1) is 15.4. The number of ether oxygens (including phenoxy) is 1. The lowest BCUT2D eigenvalue weighted by atomic mass is 9.98. The summed E-state index contributed by atoms with van der Waals surface area (Å²) in [6.45, 7) is 2.75. The third-order valence-electron chi connectivity index (χ3n) is 6.31. The van der Waals surface area contributed by atoms with E-state index in [0.29, 0.717) is 19.4 Å². The van der Waals surface area contributed by atoms with Gasteiger partial charge in [0.15, 0.2) is 0 Å². The van der Waals surface area contributed by atoms with Crippen LogP contribution in [0.15, 0.2) is 48.5 Å². The molecule has 2 unspecified atom stereocenters. The van der Waals surface area contributed by atoms with Gasteiger partial charge in [-0.15, -0.1) is 0 Å². The maximum absolute atomic E-state index is 12.5. The first kappa shape index (κ1) is 21.9. The van der Waals surface area contributed by atoms with E-state index in [-0.39, 0.29) is 31.4 Å². The topological polar surface area (TPSA) is 95.9 Å². The predicted molar refractivity (Wildman–Crippen MR) is 119 cm³/mol. The van der Waals surface area contributed by atoms with Crippen molar-refractivity contribution in [2.45, 2.75) is 38.1 Å². The number of hydrogen-bond donors (Lipinski definition) is 2. The van der Waals surface area contributed by atoms with E-state index in [2.05, 4.69) is 29.6 Å². The van der Waals surface area contributed by atoms with Crippen LogP contribution in [0.3, 0.4) is 0 Å². The molecule has 7 heteroatoms. The molecule has 2 aliphatic rings. The molecule has 2 aromatic rings. The van der Waals surface area contributed by atoms with Gasteiger partial charge in [-0.2, -0.15) is 0 Å². The van der Waals surface area contributed by atoms with Crippen molar-refractivity contribution in [3.63, 3.8) is 0 Å². The SMILES string of the molecule is CC(CC(=O)N1CCCC(C(=O)O)C1)NC(=O)OCC1c2ccccc2-c2ccccc21. The number of carboxylic acid groups (broad SMARTS) is 1. The molecule has 0 aromatic heterocycles. The minimum absolute atomic E-state index is 0.0219. The van der Waals surface area contributed by atoms with Gasteiger partial charge in [0.1, 0.15) is 6.61 Å². The zero-order valence-electron chi connectivity index (χ0n) is 18.1. The molecule has 168 valence electrons. The number of hydrogen-bond acceptors (Lipinski definition) is 4. The number of piperidine rings is 1. The smallest absolute Gasteiger partial charge is 0.407 e. The monoisotopic (exact) mass is 436 g/mol. The van der Waals surface area contributed by atoms with E-state index in [1.54, 1.807) is 11.8 Å². The average Bonchev–Trinajstić information content (AvgIpc) is 3.11. The fraction of sp³-hybridized carbons (Fsp3) is 0.400. The van der Waals surface area contributed by atoms with Crippen molar-refractivity contribution in [3.05, 3.63) is 59.7 Å². The molecule has 2 N–H and O–H groups in total. The molecule has 1 aliphatic carbocycles. The second-order valence-corrected chi connectivity index (χ2v) is 8.59. The number of nitrogens with one attached hydrogen (secondary N) is 1. The van der Waals surface area contributed by atoms with Gasteiger partial charge in [0.05, 0.1) is 5.92 Å². The number of nitrogens with zero attached hydrogens (tertiary/aromatic N) is 1. The zero-order valence-corrected chi connectivity index (χ0v) is 18.1. The Morgan fingerprint density at radius 2 is 1.72 bits per heavy atom. The summed E-state index contributed by atoms with van der Waals surface area (Å²) in [6.07, 6.45) is 0.814. The minimum Gasteiger partial charge on any atom is -0.481 e. The summed E-state index contributed by atoms with van der Waals surface area (Å²) in [7, 11) is 0. The number of rotatable bonds is 6. The van der Waals surface area contributed by atoms with E-state index in [0.717, 1.165) is 22.3 Å². The van der Waals surface area contributed by atoms with E-state index in [1.165, 1.54) is 0 Å². The van der Waals surface area contributed by atoms with Crippen LogP contribution in [0, 0.1) is 5.92 Å². The van der Waals surface area contributed by atoms with Crippen molar-refractivity contribution >= 4 is 18.0 Å². The molecule has 4 rings (SSSR count). The molecule has 2 amide bonds. The maximum atomic E-state index is 12.5. The van der Waals surface area contributed by atoms with E-state index >= 15 is 0 Å².